The molecule has 1 fully saturated rings. The lowest BCUT2D eigenvalue weighted by Crippen LogP contribution is -2.59. The summed E-state index contributed by atoms with van der Waals surface area (Å²) in [6.07, 6.45) is 2.97. The van der Waals surface area contributed by atoms with Crippen molar-refractivity contribution in [2.75, 3.05) is 13.1 Å². The molecule has 3 rings (SSSR count). The van der Waals surface area contributed by atoms with Gasteiger partial charge in [-0.2, -0.15) is 0 Å². The van der Waals surface area contributed by atoms with Crippen LogP contribution < -0.4 is 0 Å². The molecule has 0 radical (unpaired) electrons. The van der Waals surface area contributed by atoms with Crippen molar-refractivity contribution in [3.8, 4) is 0 Å². The van der Waals surface area contributed by atoms with Crippen molar-refractivity contribution < 1.29 is 18.4 Å². The van der Waals surface area contributed by atoms with Gasteiger partial charge in [0.05, 0.1) is 12.5 Å². The highest BCUT2D eigenvalue weighted by Gasteiger charge is 2.36. The van der Waals surface area contributed by atoms with Gasteiger partial charge in [-0.1, -0.05) is 0 Å². The first-order valence-corrected chi connectivity index (χ1v) is 7.27. The van der Waals surface area contributed by atoms with E-state index < -0.39 is 0 Å². The van der Waals surface area contributed by atoms with E-state index in [0.29, 0.717) is 24.6 Å². The number of carbonyl (C=O) groups is 2. The minimum absolute atomic E-state index is 0.0901. The summed E-state index contributed by atoms with van der Waals surface area (Å²) in [5, 5.41) is 0. The summed E-state index contributed by atoms with van der Waals surface area (Å²) in [7, 11) is 0. The molecule has 0 N–H and O–H groups in total. The smallest absolute Gasteiger partial charge is 0.289 e. The third kappa shape index (κ3) is 2.52. The Morgan fingerprint density at radius 2 is 1.32 bits per heavy atom. The largest absolute Gasteiger partial charge is 0.459 e. The Hall–Kier alpha value is -2.50. The van der Waals surface area contributed by atoms with E-state index in [9.17, 15) is 9.59 Å². The molecule has 2 atom stereocenters. The number of piperazine rings is 1. The quantitative estimate of drug-likeness (QED) is 0.853. The van der Waals surface area contributed by atoms with Gasteiger partial charge in [0.15, 0.2) is 11.5 Å². The maximum absolute atomic E-state index is 12.4. The van der Waals surface area contributed by atoms with Crippen LogP contribution in [-0.4, -0.2) is 46.8 Å². The molecule has 0 aromatic carbocycles. The van der Waals surface area contributed by atoms with Crippen LogP contribution in [-0.2, 0) is 0 Å². The number of hydrogen-bond donors (Lipinski definition) is 0. The molecule has 2 aromatic rings. The predicted octanol–water partition coefficient (Wildman–Crippen LogP) is 2.25. The van der Waals surface area contributed by atoms with Crippen LogP contribution in [0.5, 0.6) is 0 Å². The topological polar surface area (TPSA) is 66.9 Å². The van der Waals surface area contributed by atoms with Crippen molar-refractivity contribution >= 4 is 11.8 Å². The molecule has 1 saturated heterocycles. The molecule has 2 unspecified atom stereocenters. The average Bonchev–Trinajstić information content (AvgIpc) is 3.20. The van der Waals surface area contributed by atoms with E-state index in [1.54, 1.807) is 34.1 Å². The molecule has 0 aliphatic carbocycles. The van der Waals surface area contributed by atoms with Crippen LogP contribution in [0.1, 0.15) is 35.0 Å². The Labute approximate surface area is 128 Å². The molecule has 2 amide bonds. The molecule has 22 heavy (non-hydrogen) atoms. The Balaban J connectivity index is 1.74. The molecule has 0 saturated carbocycles. The van der Waals surface area contributed by atoms with Gasteiger partial charge in [0.25, 0.3) is 11.8 Å². The second-order valence-corrected chi connectivity index (χ2v) is 5.57. The van der Waals surface area contributed by atoms with Crippen molar-refractivity contribution in [3.05, 3.63) is 48.3 Å². The van der Waals surface area contributed by atoms with Crippen LogP contribution in [0.25, 0.3) is 0 Å². The fraction of sp³-hybridized carbons (Fsp3) is 0.375. The molecular formula is C16H18N2O4. The summed E-state index contributed by atoms with van der Waals surface area (Å²) >= 11 is 0. The Kier molecular flexibility index (Phi) is 3.75. The highest BCUT2D eigenvalue weighted by Crippen LogP contribution is 2.20. The van der Waals surface area contributed by atoms with E-state index in [4.69, 9.17) is 8.83 Å². The van der Waals surface area contributed by atoms with Gasteiger partial charge in [-0.3, -0.25) is 9.59 Å². The first-order chi connectivity index (χ1) is 10.6. The van der Waals surface area contributed by atoms with Gasteiger partial charge in [0.1, 0.15) is 0 Å². The molecule has 0 spiro atoms. The van der Waals surface area contributed by atoms with Crippen LogP contribution in [0.15, 0.2) is 45.6 Å². The van der Waals surface area contributed by atoms with Gasteiger partial charge < -0.3 is 18.6 Å². The van der Waals surface area contributed by atoms with Crippen molar-refractivity contribution in [1.29, 1.82) is 0 Å². The standard InChI is InChI=1S/C16H18N2O4/c1-11-9-18(16(20)14-6-4-8-22-14)12(2)10-17(11)15(19)13-5-3-7-21-13/h3-8,11-12H,9-10H2,1-2H3. The number of hydrogen-bond acceptors (Lipinski definition) is 4. The summed E-state index contributed by atoms with van der Waals surface area (Å²) in [6, 6.07) is 6.51. The third-order valence-electron chi connectivity index (χ3n) is 3.97. The van der Waals surface area contributed by atoms with E-state index in [2.05, 4.69) is 0 Å². The maximum atomic E-state index is 12.4. The van der Waals surface area contributed by atoms with Crippen LogP contribution in [0.3, 0.4) is 0 Å². The van der Waals surface area contributed by atoms with Gasteiger partial charge in [0.2, 0.25) is 0 Å². The molecule has 6 heteroatoms. The monoisotopic (exact) mass is 302 g/mol. The Morgan fingerprint density at radius 1 is 0.909 bits per heavy atom. The average molecular weight is 302 g/mol. The molecular weight excluding hydrogens is 284 g/mol. The molecule has 1 aliphatic rings. The Morgan fingerprint density at radius 3 is 1.64 bits per heavy atom. The van der Waals surface area contributed by atoms with E-state index in [0.717, 1.165) is 0 Å². The van der Waals surface area contributed by atoms with Crippen molar-refractivity contribution in [2.45, 2.75) is 25.9 Å². The Bertz CT molecular complexity index is 590. The molecule has 2 aromatic heterocycles. The van der Waals surface area contributed by atoms with Crippen molar-refractivity contribution in [1.82, 2.24) is 9.80 Å². The zero-order chi connectivity index (χ0) is 15.7. The van der Waals surface area contributed by atoms with E-state index in [-0.39, 0.29) is 23.9 Å². The zero-order valence-electron chi connectivity index (χ0n) is 12.6. The number of amides is 2. The highest BCUT2D eigenvalue weighted by molar-refractivity contribution is 5.93. The van der Waals surface area contributed by atoms with Gasteiger partial charge in [-0.15, -0.1) is 0 Å². The van der Waals surface area contributed by atoms with Gasteiger partial charge >= 0.3 is 0 Å². The van der Waals surface area contributed by atoms with Gasteiger partial charge in [-0.05, 0) is 38.1 Å². The SMILES string of the molecule is CC1CN(C(=O)c2ccco2)C(C)CN1C(=O)c1ccco1. The number of rotatable bonds is 2. The summed E-state index contributed by atoms with van der Waals surface area (Å²) in [4.78, 5) is 28.4. The second-order valence-electron chi connectivity index (χ2n) is 5.57. The highest BCUT2D eigenvalue weighted by atomic mass is 16.3. The number of furan rings is 2. The zero-order valence-corrected chi connectivity index (χ0v) is 12.6. The number of carbonyl (C=O) groups excluding carboxylic acids is 2. The summed E-state index contributed by atoms with van der Waals surface area (Å²) in [5.74, 6) is 0.360. The normalized spacial score (nSPS) is 21.9. The predicted molar refractivity (Wildman–Crippen MR) is 78.4 cm³/mol. The summed E-state index contributed by atoms with van der Waals surface area (Å²) < 4.78 is 10.4. The lowest BCUT2D eigenvalue weighted by atomic mass is 10.1. The molecule has 116 valence electrons. The van der Waals surface area contributed by atoms with E-state index in [1.165, 1.54) is 12.5 Å². The van der Waals surface area contributed by atoms with E-state index >= 15 is 0 Å². The maximum Gasteiger partial charge on any atom is 0.289 e. The summed E-state index contributed by atoms with van der Waals surface area (Å²) in [6.45, 7) is 4.78. The van der Waals surface area contributed by atoms with Crippen LogP contribution in [0, 0.1) is 0 Å². The van der Waals surface area contributed by atoms with Crippen LogP contribution in [0.2, 0.25) is 0 Å². The first kappa shape index (κ1) is 14.4. The van der Waals surface area contributed by atoms with Crippen LogP contribution >= 0.6 is 0 Å². The van der Waals surface area contributed by atoms with Gasteiger partial charge in [0, 0.05) is 25.2 Å². The molecule has 0 bridgehead atoms. The lowest BCUT2D eigenvalue weighted by Gasteiger charge is -2.43. The first-order valence-electron chi connectivity index (χ1n) is 7.27. The van der Waals surface area contributed by atoms with Crippen LogP contribution in [0.4, 0.5) is 0 Å². The minimum atomic E-state index is -0.144. The number of nitrogens with zero attached hydrogens (tertiary/aromatic N) is 2. The van der Waals surface area contributed by atoms with E-state index in [1.807, 2.05) is 13.8 Å². The fourth-order valence-electron chi connectivity index (χ4n) is 2.78. The molecule has 1 aliphatic heterocycles. The fourth-order valence-corrected chi connectivity index (χ4v) is 2.78. The molecule has 6 nitrogen and oxygen atoms in total. The second kappa shape index (κ2) is 5.71. The lowest BCUT2D eigenvalue weighted by molar-refractivity contribution is 0.0238. The summed E-state index contributed by atoms with van der Waals surface area (Å²) in [5.41, 5.74) is 0. The van der Waals surface area contributed by atoms with Gasteiger partial charge in [-0.25, -0.2) is 0 Å². The third-order valence-corrected chi connectivity index (χ3v) is 3.97. The molecule has 3 heterocycles. The van der Waals surface area contributed by atoms with Crippen molar-refractivity contribution in [3.63, 3.8) is 0 Å². The van der Waals surface area contributed by atoms with Crippen molar-refractivity contribution in [2.24, 2.45) is 0 Å². The minimum Gasteiger partial charge on any atom is -0.459 e.